The van der Waals surface area contributed by atoms with Crippen molar-refractivity contribution < 1.29 is 33.4 Å². The number of nitrogens with zero attached hydrogens (tertiary/aromatic N) is 2. The number of hydrogen-bond donors (Lipinski definition) is 2. The second-order valence-corrected chi connectivity index (χ2v) is 13.3. The Morgan fingerprint density at radius 1 is 0.958 bits per heavy atom. The Morgan fingerprint density at radius 3 is 2.38 bits per heavy atom. The minimum absolute atomic E-state index is 0.114. The number of phenolic OH excluding ortho intramolecular Hbond substituents is 1. The molecule has 2 heterocycles. The molecule has 2 aliphatic carbocycles. The van der Waals surface area contributed by atoms with Crippen LogP contribution in [0.2, 0.25) is 5.02 Å². The summed E-state index contributed by atoms with van der Waals surface area (Å²) in [4.78, 5) is 58.6. The number of nitrogens with one attached hydrogen (secondary N) is 1. The molecule has 3 aromatic rings. The summed E-state index contributed by atoms with van der Waals surface area (Å²) in [5.74, 6) is -5.82. The highest BCUT2D eigenvalue weighted by Gasteiger charge is 2.70. The number of fused-ring (bicyclic) bond motifs is 4. The molecule has 4 amide bonds. The van der Waals surface area contributed by atoms with Crippen molar-refractivity contribution in [1.29, 1.82) is 0 Å². The van der Waals surface area contributed by atoms with Gasteiger partial charge in [-0.25, -0.2) is 4.39 Å². The summed E-state index contributed by atoms with van der Waals surface area (Å²) in [5.41, 5.74) is 3.24. The molecule has 248 valence electrons. The number of ether oxygens (including phenoxy) is 1. The summed E-state index contributed by atoms with van der Waals surface area (Å²) in [6.07, 6.45) is 2.95. The van der Waals surface area contributed by atoms with Crippen LogP contribution in [0.4, 0.5) is 10.1 Å². The number of benzene rings is 3. The molecule has 0 bridgehead atoms. The van der Waals surface area contributed by atoms with Crippen molar-refractivity contribution in [2.45, 2.75) is 44.4 Å². The van der Waals surface area contributed by atoms with E-state index in [2.05, 4.69) is 5.43 Å². The van der Waals surface area contributed by atoms with Crippen LogP contribution in [-0.2, 0) is 24.6 Å². The van der Waals surface area contributed by atoms with Crippen LogP contribution >= 0.6 is 11.6 Å². The second-order valence-electron chi connectivity index (χ2n) is 12.8. The lowest BCUT2D eigenvalue weighted by molar-refractivity contribution is -0.141. The Bertz CT molecular complexity index is 1850. The van der Waals surface area contributed by atoms with E-state index in [1.165, 1.54) is 29.2 Å². The summed E-state index contributed by atoms with van der Waals surface area (Å²) < 4.78 is 19.6. The molecule has 7 rings (SSSR count). The van der Waals surface area contributed by atoms with Crippen molar-refractivity contribution in [3.63, 3.8) is 0 Å². The quantitative estimate of drug-likeness (QED) is 0.224. The number of imide groups is 2. The Kier molecular flexibility index (Phi) is 8.02. The predicted octanol–water partition coefficient (Wildman–Crippen LogP) is 5.98. The van der Waals surface area contributed by atoms with Crippen molar-refractivity contribution in [1.82, 2.24) is 9.91 Å². The third-order valence-corrected chi connectivity index (χ3v) is 10.7. The fraction of sp³-hybridized carbons (Fsp3) is 0.351. The Labute approximate surface area is 282 Å². The third-order valence-electron chi connectivity index (χ3n) is 10.4. The average Bonchev–Trinajstić information content (AvgIpc) is 3.44. The highest BCUT2D eigenvalue weighted by Crippen LogP contribution is 2.65. The first-order valence-electron chi connectivity index (χ1n) is 16.3. The first kappa shape index (κ1) is 31.9. The van der Waals surface area contributed by atoms with Crippen LogP contribution in [0.15, 0.2) is 78.4 Å². The van der Waals surface area contributed by atoms with Gasteiger partial charge in [0.15, 0.2) is 11.5 Å². The molecule has 3 aromatic carbocycles. The molecule has 48 heavy (non-hydrogen) atoms. The lowest BCUT2D eigenvalue weighted by Crippen LogP contribution is -2.53. The number of rotatable bonds is 8. The summed E-state index contributed by atoms with van der Waals surface area (Å²) in [5, 5.41) is 13.2. The van der Waals surface area contributed by atoms with Crippen molar-refractivity contribution >= 4 is 40.9 Å². The summed E-state index contributed by atoms with van der Waals surface area (Å²) in [6.45, 7) is 4.28. The number of aromatic hydroxyl groups is 1. The van der Waals surface area contributed by atoms with Gasteiger partial charge in [0.1, 0.15) is 5.82 Å². The highest BCUT2D eigenvalue weighted by atomic mass is 35.5. The molecule has 0 aromatic heterocycles. The normalized spacial score (nSPS) is 27.8. The zero-order chi connectivity index (χ0) is 33.9. The van der Waals surface area contributed by atoms with E-state index in [-0.39, 0.29) is 42.8 Å². The van der Waals surface area contributed by atoms with Gasteiger partial charge >= 0.3 is 0 Å². The van der Waals surface area contributed by atoms with Crippen molar-refractivity contribution in [3.8, 4) is 11.5 Å². The lowest BCUT2D eigenvalue weighted by atomic mass is 9.49. The van der Waals surface area contributed by atoms with Gasteiger partial charge in [-0.15, -0.1) is 0 Å². The van der Waals surface area contributed by atoms with Gasteiger partial charge in [-0.05, 0) is 80.1 Å². The molecular formula is C37H35ClFN3O6. The van der Waals surface area contributed by atoms with E-state index in [0.717, 1.165) is 10.6 Å². The molecule has 1 saturated carbocycles. The zero-order valence-electron chi connectivity index (χ0n) is 26.5. The molecule has 2 N–H and O–H groups in total. The van der Waals surface area contributed by atoms with E-state index in [9.17, 15) is 23.9 Å². The van der Waals surface area contributed by atoms with Crippen molar-refractivity contribution in [2.75, 3.05) is 18.6 Å². The largest absolute Gasteiger partial charge is 0.504 e. The molecule has 9 nitrogen and oxygen atoms in total. The van der Waals surface area contributed by atoms with Crippen LogP contribution in [0.1, 0.15) is 50.2 Å². The number of anilines is 1. The smallest absolute Gasteiger partial charge is 0.260 e. The number of phenols is 1. The number of hydrogen-bond acceptors (Lipinski definition) is 7. The summed E-state index contributed by atoms with van der Waals surface area (Å²) in [7, 11) is 0. The van der Waals surface area contributed by atoms with Gasteiger partial charge in [-0.3, -0.25) is 29.5 Å². The molecule has 0 radical (unpaired) electrons. The highest BCUT2D eigenvalue weighted by molar-refractivity contribution is 6.30. The van der Waals surface area contributed by atoms with Gasteiger partial charge in [0.2, 0.25) is 11.8 Å². The zero-order valence-corrected chi connectivity index (χ0v) is 27.2. The molecule has 0 unspecified atom stereocenters. The number of carbonyl (C=O) groups is 4. The Morgan fingerprint density at radius 2 is 1.69 bits per heavy atom. The second kappa shape index (κ2) is 12.1. The van der Waals surface area contributed by atoms with E-state index in [1.807, 2.05) is 13.0 Å². The number of amides is 4. The topological polar surface area (TPSA) is 116 Å². The molecular weight excluding hydrogens is 637 g/mol. The average molecular weight is 672 g/mol. The molecule has 11 heteroatoms. The number of halogens is 2. The maximum absolute atomic E-state index is 15.2. The van der Waals surface area contributed by atoms with Gasteiger partial charge in [0.05, 0.1) is 35.5 Å². The minimum Gasteiger partial charge on any atom is -0.504 e. The van der Waals surface area contributed by atoms with Crippen molar-refractivity contribution in [3.05, 3.63) is 100 Å². The Hall–Kier alpha value is -4.70. The van der Waals surface area contributed by atoms with E-state index >= 15 is 4.79 Å². The summed E-state index contributed by atoms with van der Waals surface area (Å²) in [6, 6.07) is 17.1. The number of hydrazine groups is 1. The van der Waals surface area contributed by atoms with E-state index in [4.69, 9.17) is 16.3 Å². The van der Waals surface area contributed by atoms with Gasteiger partial charge in [-0.1, -0.05) is 54.4 Å². The molecule has 3 fully saturated rings. The van der Waals surface area contributed by atoms with E-state index < -0.39 is 52.6 Å². The predicted molar refractivity (Wildman–Crippen MR) is 175 cm³/mol. The molecule has 0 spiro atoms. The van der Waals surface area contributed by atoms with Crippen molar-refractivity contribution in [2.24, 2.45) is 23.7 Å². The fourth-order valence-corrected chi connectivity index (χ4v) is 8.68. The maximum Gasteiger partial charge on any atom is 0.260 e. The fourth-order valence-electron chi connectivity index (χ4n) is 8.55. The number of para-hydroxylation sites is 1. The van der Waals surface area contributed by atoms with Gasteiger partial charge in [0, 0.05) is 23.0 Å². The molecule has 4 aliphatic rings. The third kappa shape index (κ3) is 4.63. The minimum atomic E-state index is -1.60. The molecule has 6 atom stereocenters. The van der Waals surface area contributed by atoms with E-state index in [0.29, 0.717) is 34.8 Å². The van der Waals surface area contributed by atoms with Crippen LogP contribution in [-0.4, -0.2) is 51.8 Å². The number of allylic oxidation sites excluding steroid dienone is 2. The monoisotopic (exact) mass is 671 g/mol. The van der Waals surface area contributed by atoms with E-state index in [1.54, 1.807) is 49.4 Å². The lowest BCUT2D eigenvalue weighted by Gasteiger charge is -2.50. The molecule has 2 saturated heterocycles. The first-order chi connectivity index (χ1) is 23.1. The van der Waals surface area contributed by atoms with Gasteiger partial charge < -0.3 is 9.84 Å². The number of carbonyl (C=O) groups excluding carboxylic acids is 4. The number of likely N-dealkylation sites (tertiary alicyclic amines) is 1. The first-order valence-corrected chi connectivity index (χ1v) is 16.7. The van der Waals surface area contributed by atoms with Gasteiger partial charge in [0.25, 0.3) is 11.8 Å². The van der Waals surface area contributed by atoms with Crippen LogP contribution in [0.5, 0.6) is 11.5 Å². The van der Waals surface area contributed by atoms with Crippen LogP contribution in [0, 0.1) is 29.5 Å². The molecule has 2 aliphatic heterocycles. The van der Waals surface area contributed by atoms with Crippen LogP contribution < -0.4 is 10.2 Å². The SMILES string of the molecule is CCCN1C(=O)[C@H]2[C@H](CC=C3[C@H]2C[C@H]2C(=O)N(Nc4ccc(F)cc4)C(=O)[C@@]2(c2ccc(Cl)cc2)[C@H]3c2cccc(OCC)c2O)C1=O. The standard InChI is InChI=1S/C37H35ClFN3O6/c1-3-18-41-33(44)25-17-16-24-27(30(25)35(41)46)19-28-34(45)42(40-23-14-12-22(39)13-15-23)36(47)37(28,20-8-10-21(38)11-9-20)31(24)26-6-5-7-29(32(26)43)48-4-2/h5-16,25,27-28,30-31,40,43H,3-4,17-19H2,1-2H3/t25-,27+,28-,30-,31+,37+/m0/s1. The Balaban J connectivity index is 1.47. The maximum atomic E-state index is 15.2. The van der Waals surface area contributed by atoms with Crippen LogP contribution in [0.3, 0.4) is 0 Å². The van der Waals surface area contributed by atoms with Gasteiger partial charge in [-0.2, -0.15) is 5.01 Å². The summed E-state index contributed by atoms with van der Waals surface area (Å²) >= 11 is 6.33. The van der Waals surface area contributed by atoms with Crippen LogP contribution in [0.25, 0.3) is 0 Å².